The van der Waals surface area contributed by atoms with E-state index in [1.807, 2.05) is 43.3 Å². The quantitative estimate of drug-likeness (QED) is 0.541. The Kier molecular flexibility index (Phi) is 9.19. The average molecular weight is 468 g/mol. The van der Waals surface area contributed by atoms with E-state index in [-0.39, 0.29) is 23.8 Å². The van der Waals surface area contributed by atoms with Gasteiger partial charge in [0.1, 0.15) is 0 Å². The molecule has 2 atom stereocenters. The van der Waals surface area contributed by atoms with Gasteiger partial charge in [-0.15, -0.1) is 0 Å². The lowest BCUT2D eigenvalue weighted by Crippen LogP contribution is -2.51. The van der Waals surface area contributed by atoms with Crippen LogP contribution in [0.3, 0.4) is 0 Å². The molecule has 0 aliphatic carbocycles. The Balaban J connectivity index is 1.76. The molecular formula is C27H37N3O4. The third kappa shape index (κ3) is 6.65. The Hall–Kier alpha value is -3.22. The number of methoxy groups -OCH3 is 2. The minimum atomic E-state index is -0.298. The van der Waals surface area contributed by atoms with Crippen LogP contribution in [0.5, 0.6) is 11.5 Å². The summed E-state index contributed by atoms with van der Waals surface area (Å²) in [7, 11) is 3.21. The molecule has 7 heteroatoms. The maximum absolute atomic E-state index is 13.2. The van der Waals surface area contributed by atoms with Gasteiger partial charge in [0.25, 0.3) is 0 Å². The molecule has 1 aliphatic heterocycles. The fourth-order valence-electron chi connectivity index (χ4n) is 4.44. The fourth-order valence-corrected chi connectivity index (χ4v) is 4.44. The third-order valence-electron chi connectivity index (χ3n) is 6.34. The van der Waals surface area contributed by atoms with Crippen molar-refractivity contribution in [3.63, 3.8) is 0 Å². The summed E-state index contributed by atoms with van der Waals surface area (Å²) in [6.45, 7) is 6.19. The van der Waals surface area contributed by atoms with Crippen molar-refractivity contribution in [3.8, 4) is 11.5 Å². The Morgan fingerprint density at radius 1 is 1.03 bits per heavy atom. The highest BCUT2D eigenvalue weighted by Gasteiger charge is 2.34. The molecule has 1 heterocycles. The lowest BCUT2D eigenvalue weighted by molar-refractivity contribution is -0.126. The van der Waals surface area contributed by atoms with E-state index in [1.54, 1.807) is 19.1 Å². The van der Waals surface area contributed by atoms with Crippen LogP contribution in [0.2, 0.25) is 0 Å². The molecule has 1 saturated heterocycles. The summed E-state index contributed by atoms with van der Waals surface area (Å²) in [5, 5.41) is 6.08. The number of amides is 3. The van der Waals surface area contributed by atoms with Crippen LogP contribution in [0.1, 0.15) is 48.8 Å². The van der Waals surface area contributed by atoms with E-state index < -0.39 is 0 Å². The number of hydrogen-bond acceptors (Lipinski definition) is 4. The van der Waals surface area contributed by atoms with Gasteiger partial charge in [0.15, 0.2) is 11.5 Å². The smallest absolute Gasteiger partial charge is 0.317 e. The van der Waals surface area contributed by atoms with Crippen molar-refractivity contribution in [1.29, 1.82) is 0 Å². The molecule has 2 unspecified atom stereocenters. The van der Waals surface area contributed by atoms with Gasteiger partial charge in [0, 0.05) is 32.1 Å². The largest absolute Gasteiger partial charge is 0.493 e. The van der Waals surface area contributed by atoms with Gasteiger partial charge in [-0.2, -0.15) is 0 Å². The van der Waals surface area contributed by atoms with Crippen molar-refractivity contribution in [2.75, 3.05) is 33.9 Å². The van der Waals surface area contributed by atoms with Gasteiger partial charge in [-0.3, -0.25) is 4.79 Å². The van der Waals surface area contributed by atoms with Crippen molar-refractivity contribution in [3.05, 3.63) is 59.2 Å². The van der Waals surface area contributed by atoms with Crippen LogP contribution in [0, 0.1) is 12.8 Å². The number of rotatable bonds is 9. The Bertz CT molecular complexity index is 978. The summed E-state index contributed by atoms with van der Waals surface area (Å²) in [6.07, 6.45) is 2.60. The number of likely N-dealkylation sites (tertiary alicyclic amines) is 1. The summed E-state index contributed by atoms with van der Waals surface area (Å²) in [5.41, 5.74) is 3.25. The number of urea groups is 1. The summed E-state index contributed by atoms with van der Waals surface area (Å²) >= 11 is 0. The lowest BCUT2D eigenvalue weighted by Gasteiger charge is -2.37. The lowest BCUT2D eigenvalue weighted by atomic mass is 9.84. The molecule has 184 valence electrons. The molecule has 0 saturated carbocycles. The second-order valence-electron chi connectivity index (χ2n) is 8.94. The maximum atomic E-state index is 13.2. The van der Waals surface area contributed by atoms with Crippen LogP contribution in [0.25, 0.3) is 0 Å². The van der Waals surface area contributed by atoms with Gasteiger partial charge >= 0.3 is 6.03 Å². The topological polar surface area (TPSA) is 79.9 Å². The first-order valence-corrected chi connectivity index (χ1v) is 12.0. The standard InChI is InChI=1S/C27H37N3O4/c1-5-6-12-28-27(32)30-17-22(21-10-11-24(33-3)25(15-21)34-4)14-23(18-30)26(31)29-16-20-9-7-8-19(2)13-20/h7-11,13,15,22-23H,5-6,12,14,16-18H2,1-4H3,(H,28,32)(H,29,31). The third-order valence-corrected chi connectivity index (χ3v) is 6.34. The van der Waals surface area contributed by atoms with Crippen molar-refractivity contribution in [2.24, 2.45) is 5.92 Å². The number of carbonyl (C=O) groups excluding carboxylic acids is 2. The van der Waals surface area contributed by atoms with E-state index >= 15 is 0 Å². The number of ether oxygens (including phenoxy) is 2. The molecule has 0 bridgehead atoms. The number of nitrogens with zero attached hydrogens (tertiary/aromatic N) is 1. The van der Waals surface area contributed by atoms with Gasteiger partial charge in [0.2, 0.25) is 5.91 Å². The number of aryl methyl sites for hydroxylation is 1. The first-order valence-electron chi connectivity index (χ1n) is 12.0. The highest BCUT2D eigenvalue weighted by atomic mass is 16.5. The van der Waals surface area contributed by atoms with Crippen LogP contribution in [0.15, 0.2) is 42.5 Å². The van der Waals surface area contributed by atoms with E-state index in [1.165, 1.54) is 0 Å². The molecule has 2 aromatic carbocycles. The van der Waals surface area contributed by atoms with Crippen molar-refractivity contribution in [1.82, 2.24) is 15.5 Å². The second kappa shape index (κ2) is 12.3. The highest BCUT2D eigenvalue weighted by molar-refractivity contribution is 5.81. The highest BCUT2D eigenvalue weighted by Crippen LogP contribution is 2.36. The molecule has 34 heavy (non-hydrogen) atoms. The number of piperidine rings is 1. The van der Waals surface area contributed by atoms with Crippen molar-refractivity contribution in [2.45, 2.75) is 45.6 Å². The predicted octanol–water partition coefficient (Wildman–Crippen LogP) is 4.24. The molecule has 3 amide bonds. The number of carbonyl (C=O) groups is 2. The summed E-state index contributed by atoms with van der Waals surface area (Å²) < 4.78 is 10.9. The number of benzene rings is 2. The summed E-state index contributed by atoms with van der Waals surface area (Å²) in [6, 6.07) is 13.8. The monoisotopic (exact) mass is 467 g/mol. The number of nitrogens with one attached hydrogen (secondary N) is 2. The maximum Gasteiger partial charge on any atom is 0.317 e. The molecule has 2 N–H and O–H groups in total. The first kappa shape index (κ1) is 25.4. The van der Waals surface area contributed by atoms with Crippen LogP contribution >= 0.6 is 0 Å². The minimum absolute atomic E-state index is 0.0141. The number of unbranched alkanes of at least 4 members (excludes halogenated alkanes) is 1. The Morgan fingerprint density at radius 3 is 2.53 bits per heavy atom. The molecule has 0 aromatic heterocycles. The van der Waals surface area contributed by atoms with Crippen LogP contribution in [0.4, 0.5) is 4.79 Å². The normalized spacial score (nSPS) is 17.7. The van der Waals surface area contributed by atoms with Gasteiger partial charge in [-0.05, 0) is 43.0 Å². The molecule has 1 fully saturated rings. The Morgan fingerprint density at radius 2 is 1.82 bits per heavy atom. The second-order valence-corrected chi connectivity index (χ2v) is 8.94. The van der Waals surface area contributed by atoms with E-state index in [0.29, 0.717) is 44.1 Å². The zero-order valence-electron chi connectivity index (χ0n) is 20.7. The van der Waals surface area contributed by atoms with Crippen LogP contribution < -0.4 is 20.1 Å². The first-order chi connectivity index (χ1) is 16.4. The summed E-state index contributed by atoms with van der Waals surface area (Å²) in [5.74, 6) is 0.987. The Labute approximate surface area is 202 Å². The van der Waals surface area contributed by atoms with Gasteiger partial charge in [-0.1, -0.05) is 49.2 Å². The minimum Gasteiger partial charge on any atom is -0.493 e. The van der Waals surface area contributed by atoms with E-state index in [4.69, 9.17) is 9.47 Å². The van der Waals surface area contributed by atoms with Gasteiger partial charge in [0.05, 0.1) is 20.1 Å². The number of hydrogen-bond donors (Lipinski definition) is 2. The zero-order chi connectivity index (χ0) is 24.5. The predicted molar refractivity (Wildman–Crippen MR) is 133 cm³/mol. The molecule has 1 aliphatic rings. The van der Waals surface area contributed by atoms with E-state index in [2.05, 4.69) is 23.6 Å². The van der Waals surface area contributed by atoms with E-state index in [9.17, 15) is 9.59 Å². The molecule has 0 spiro atoms. The van der Waals surface area contributed by atoms with Crippen LogP contribution in [-0.4, -0.2) is 50.7 Å². The van der Waals surface area contributed by atoms with Gasteiger partial charge < -0.3 is 25.0 Å². The molecule has 0 radical (unpaired) electrons. The zero-order valence-corrected chi connectivity index (χ0v) is 20.7. The average Bonchev–Trinajstić information content (AvgIpc) is 2.86. The van der Waals surface area contributed by atoms with Crippen molar-refractivity contribution >= 4 is 11.9 Å². The van der Waals surface area contributed by atoms with Crippen LogP contribution in [-0.2, 0) is 11.3 Å². The van der Waals surface area contributed by atoms with Crippen molar-refractivity contribution < 1.29 is 19.1 Å². The molecule has 3 rings (SSSR count). The summed E-state index contributed by atoms with van der Waals surface area (Å²) in [4.78, 5) is 27.8. The SMILES string of the molecule is CCCCNC(=O)N1CC(C(=O)NCc2cccc(C)c2)CC(c2ccc(OC)c(OC)c2)C1. The van der Waals surface area contributed by atoms with E-state index in [0.717, 1.165) is 29.5 Å². The fraction of sp³-hybridized carbons (Fsp3) is 0.481. The molecule has 7 nitrogen and oxygen atoms in total. The molecule has 2 aromatic rings. The van der Waals surface area contributed by atoms with Gasteiger partial charge in [-0.25, -0.2) is 4.79 Å². The molecular weight excluding hydrogens is 430 g/mol.